The maximum absolute atomic E-state index is 12.6. The molecule has 318 valence electrons. The van der Waals surface area contributed by atoms with Gasteiger partial charge in [-0.25, -0.2) is 4.57 Å². The molecule has 0 aliphatic rings. The quantitative estimate of drug-likeness (QED) is 0.0269. The molecular weight excluding hydrogens is 713 g/mol. The Morgan fingerprint density at radius 3 is 1.47 bits per heavy atom. The number of ether oxygens (including phenoxy) is 2. The molecule has 0 bridgehead atoms. The van der Waals surface area contributed by atoms with E-state index < -0.39 is 32.5 Å². The molecule has 0 aromatic carbocycles. The van der Waals surface area contributed by atoms with Crippen LogP contribution in [0.2, 0.25) is 0 Å². The number of unbranched alkanes of at least 4 members (excludes halogenated alkanes) is 17. The smallest absolute Gasteiger partial charge is 0.462 e. The van der Waals surface area contributed by atoms with E-state index in [0.29, 0.717) is 12.8 Å². The lowest BCUT2D eigenvalue weighted by Gasteiger charge is -2.19. The Morgan fingerprint density at radius 1 is 0.564 bits per heavy atom. The highest BCUT2D eigenvalue weighted by molar-refractivity contribution is 7.47. The van der Waals surface area contributed by atoms with Crippen LogP contribution in [0.3, 0.4) is 0 Å². The van der Waals surface area contributed by atoms with Gasteiger partial charge in [-0.15, -0.1) is 0 Å². The highest BCUT2D eigenvalue weighted by Crippen LogP contribution is 2.43. The van der Waals surface area contributed by atoms with E-state index in [0.717, 1.165) is 51.4 Å². The number of hydrogen-bond acceptors (Lipinski definition) is 8. The summed E-state index contributed by atoms with van der Waals surface area (Å²) in [6.45, 7) is 3.56. The summed E-state index contributed by atoms with van der Waals surface area (Å²) in [7, 11) is -4.39. The van der Waals surface area contributed by atoms with E-state index >= 15 is 0 Å². The third-order valence-corrected chi connectivity index (χ3v) is 9.90. The van der Waals surface area contributed by atoms with Crippen LogP contribution in [-0.2, 0) is 32.7 Å². The number of carbonyl (C=O) groups is 2. The first-order valence-corrected chi connectivity index (χ1v) is 23.3. The zero-order valence-corrected chi connectivity index (χ0v) is 35.8. The van der Waals surface area contributed by atoms with Crippen LogP contribution in [-0.4, -0.2) is 49.3 Å². The largest absolute Gasteiger partial charge is 0.472 e. The lowest BCUT2D eigenvalue weighted by molar-refractivity contribution is -0.161. The van der Waals surface area contributed by atoms with Crippen molar-refractivity contribution in [2.75, 3.05) is 26.4 Å². The third-order valence-electron chi connectivity index (χ3n) is 8.92. The van der Waals surface area contributed by atoms with Gasteiger partial charge in [0.05, 0.1) is 13.2 Å². The van der Waals surface area contributed by atoms with Crippen molar-refractivity contribution in [1.82, 2.24) is 0 Å². The van der Waals surface area contributed by atoms with E-state index in [1.165, 1.54) is 89.9 Å². The van der Waals surface area contributed by atoms with Gasteiger partial charge >= 0.3 is 19.8 Å². The van der Waals surface area contributed by atoms with Gasteiger partial charge in [-0.1, -0.05) is 177 Å². The molecule has 1 unspecified atom stereocenters. The van der Waals surface area contributed by atoms with E-state index in [9.17, 15) is 19.0 Å². The van der Waals surface area contributed by atoms with Crippen molar-refractivity contribution in [3.63, 3.8) is 0 Å². The summed E-state index contributed by atoms with van der Waals surface area (Å²) >= 11 is 0. The summed E-state index contributed by atoms with van der Waals surface area (Å²) in [5.74, 6) is -0.896. The number of phosphoric ester groups is 1. The van der Waals surface area contributed by atoms with Gasteiger partial charge in [0.1, 0.15) is 6.61 Å². The molecule has 9 nitrogen and oxygen atoms in total. The van der Waals surface area contributed by atoms with Crippen molar-refractivity contribution in [2.24, 2.45) is 5.73 Å². The Labute approximate surface area is 336 Å². The number of phosphoric acid groups is 1. The van der Waals surface area contributed by atoms with Gasteiger partial charge in [-0.3, -0.25) is 18.6 Å². The average Bonchev–Trinajstić information content (AvgIpc) is 3.17. The summed E-state index contributed by atoms with van der Waals surface area (Å²) in [6, 6.07) is 0. The molecule has 0 amide bonds. The van der Waals surface area contributed by atoms with Gasteiger partial charge in [0.25, 0.3) is 0 Å². The lowest BCUT2D eigenvalue weighted by Crippen LogP contribution is -2.29. The Bertz CT molecular complexity index is 1090. The maximum Gasteiger partial charge on any atom is 0.472 e. The Morgan fingerprint density at radius 2 is 1.00 bits per heavy atom. The van der Waals surface area contributed by atoms with Crippen LogP contribution >= 0.6 is 7.82 Å². The van der Waals surface area contributed by atoms with Crippen molar-refractivity contribution in [3.05, 3.63) is 60.8 Å². The summed E-state index contributed by atoms with van der Waals surface area (Å²) in [6.07, 6.45) is 48.3. The SMILES string of the molecule is CCC=CCC=CCC=CCC=CCC=CCCCC(=O)O[C@H](COC(=O)CCCCCCCCCCCCCCCCCCC)COP(=O)(O)OCCN. The van der Waals surface area contributed by atoms with Crippen LogP contribution in [0.5, 0.6) is 0 Å². The minimum Gasteiger partial charge on any atom is -0.462 e. The fourth-order valence-electron chi connectivity index (χ4n) is 5.73. The van der Waals surface area contributed by atoms with Crippen LogP contribution < -0.4 is 5.73 Å². The fraction of sp³-hybridized carbons (Fsp3) is 0.733. The Balaban J connectivity index is 4.23. The zero-order valence-electron chi connectivity index (χ0n) is 34.9. The molecule has 3 N–H and O–H groups in total. The van der Waals surface area contributed by atoms with E-state index in [2.05, 4.69) is 68.5 Å². The highest BCUT2D eigenvalue weighted by Gasteiger charge is 2.25. The van der Waals surface area contributed by atoms with Crippen molar-refractivity contribution >= 4 is 19.8 Å². The number of esters is 2. The Kier molecular flexibility index (Phi) is 39.6. The average molecular weight is 794 g/mol. The molecule has 0 aromatic rings. The second-order valence-electron chi connectivity index (χ2n) is 14.2. The van der Waals surface area contributed by atoms with E-state index in [1.807, 2.05) is 6.08 Å². The lowest BCUT2D eigenvalue weighted by atomic mass is 10.0. The second kappa shape index (κ2) is 41.3. The number of allylic oxidation sites excluding steroid dienone is 10. The molecule has 0 heterocycles. The summed E-state index contributed by atoms with van der Waals surface area (Å²) in [5.41, 5.74) is 5.34. The predicted molar refractivity (Wildman–Crippen MR) is 229 cm³/mol. The van der Waals surface area contributed by atoms with Gasteiger partial charge in [-0.05, 0) is 51.4 Å². The monoisotopic (exact) mass is 794 g/mol. The standard InChI is InChI=1S/C45H80NO8P/c1-3-5-7-9-11-13-15-17-19-21-23-25-27-29-31-33-35-37-44(47)51-41-43(42-53-55(49,50)52-40-39-46)54-45(48)38-36-34-32-30-28-26-24-22-20-18-16-14-12-10-8-6-4-2/h6,8,12,14,18,20,24,26,30,32,43H,3-5,7,9-11,13,15-17,19,21-23,25,27-29,31,33-42,46H2,1-2H3,(H,49,50)/t43-/m1/s1. The maximum atomic E-state index is 12.6. The van der Waals surface area contributed by atoms with Gasteiger partial charge < -0.3 is 20.1 Å². The highest BCUT2D eigenvalue weighted by atomic mass is 31.2. The minimum atomic E-state index is -4.39. The zero-order chi connectivity index (χ0) is 40.3. The molecule has 0 saturated heterocycles. The van der Waals surface area contributed by atoms with E-state index in [1.54, 1.807) is 0 Å². The van der Waals surface area contributed by atoms with Gasteiger partial charge in [-0.2, -0.15) is 0 Å². The van der Waals surface area contributed by atoms with Crippen LogP contribution in [0.1, 0.15) is 181 Å². The molecule has 0 aliphatic heterocycles. The van der Waals surface area contributed by atoms with Crippen LogP contribution in [0.15, 0.2) is 60.8 Å². The minimum absolute atomic E-state index is 0.0429. The molecule has 55 heavy (non-hydrogen) atoms. The number of nitrogens with two attached hydrogens (primary N) is 1. The summed E-state index contributed by atoms with van der Waals surface area (Å²) < 4.78 is 32.7. The number of rotatable bonds is 40. The van der Waals surface area contributed by atoms with Crippen molar-refractivity contribution in [2.45, 2.75) is 187 Å². The molecule has 2 atom stereocenters. The molecule has 0 aromatic heterocycles. The third kappa shape index (κ3) is 41.2. The van der Waals surface area contributed by atoms with E-state index in [-0.39, 0.29) is 32.6 Å². The topological polar surface area (TPSA) is 134 Å². The predicted octanol–water partition coefficient (Wildman–Crippen LogP) is 12.5. The van der Waals surface area contributed by atoms with E-state index in [4.69, 9.17) is 24.3 Å². The van der Waals surface area contributed by atoms with Crippen LogP contribution in [0, 0.1) is 0 Å². The van der Waals surface area contributed by atoms with Crippen molar-refractivity contribution in [1.29, 1.82) is 0 Å². The van der Waals surface area contributed by atoms with Crippen molar-refractivity contribution < 1.29 is 37.6 Å². The van der Waals surface area contributed by atoms with Gasteiger partial charge in [0, 0.05) is 19.4 Å². The molecule has 0 aliphatic carbocycles. The fourth-order valence-corrected chi connectivity index (χ4v) is 6.49. The van der Waals surface area contributed by atoms with Gasteiger partial charge in [0.2, 0.25) is 0 Å². The number of hydrogen-bond donors (Lipinski definition) is 2. The summed E-state index contributed by atoms with van der Waals surface area (Å²) in [4.78, 5) is 34.8. The first kappa shape index (κ1) is 52.7. The first-order valence-electron chi connectivity index (χ1n) is 21.8. The van der Waals surface area contributed by atoms with Crippen LogP contribution in [0.25, 0.3) is 0 Å². The molecule has 10 heteroatoms. The molecule has 0 fully saturated rings. The molecule has 0 rings (SSSR count). The summed E-state index contributed by atoms with van der Waals surface area (Å²) in [5, 5.41) is 0. The normalized spacial score (nSPS) is 13.9. The molecule has 0 saturated carbocycles. The molecular formula is C45H80NO8P. The van der Waals surface area contributed by atoms with Gasteiger partial charge in [0.15, 0.2) is 6.10 Å². The molecule has 0 radical (unpaired) electrons. The first-order chi connectivity index (χ1) is 26.8. The second-order valence-corrected chi connectivity index (χ2v) is 15.6. The van der Waals surface area contributed by atoms with Crippen LogP contribution in [0.4, 0.5) is 0 Å². The Hall–Kier alpha value is -2.29. The number of carbonyl (C=O) groups excluding carboxylic acids is 2. The van der Waals surface area contributed by atoms with Crippen molar-refractivity contribution in [3.8, 4) is 0 Å². The molecule has 0 spiro atoms.